The molecule has 0 spiro atoms. The van der Waals surface area contributed by atoms with Crippen LogP contribution in [0.2, 0.25) is 0 Å². The maximum atomic E-state index is 5.34. The average Bonchev–Trinajstić information content (AvgIpc) is 2.38. The molecule has 1 heterocycles. The monoisotopic (exact) mass is 284 g/mol. The number of hydrogen-bond donors (Lipinski definition) is 1. The lowest BCUT2D eigenvalue weighted by Crippen LogP contribution is -2.21. The topological polar surface area (TPSA) is 20.7 Å². The second-order valence-corrected chi connectivity index (χ2v) is 5.90. The summed E-state index contributed by atoms with van der Waals surface area (Å²) in [7, 11) is 0. The van der Waals surface area contributed by atoms with Crippen molar-refractivity contribution < 1.29 is 0 Å². The maximum absolute atomic E-state index is 5.34. The van der Waals surface area contributed by atoms with Gasteiger partial charge in [0.25, 0.3) is 0 Å². The molecule has 2 rings (SSSR count). The predicted molar refractivity (Wildman–Crippen MR) is 69.8 cm³/mol. The number of nitrogens with one attached hydrogen (secondary N) is 1. The molecule has 0 aliphatic rings. The van der Waals surface area contributed by atoms with Crippen molar-refractivity contribution in [3.63, 3.8) is 0 Å². The van der Waals surface area contributed by atoms with Crippen LogP contribution in [0.15, 0.2) is 22.7 Å². The van der Waals surface area contributed by atoms with Gasteiger partial charge in [-0.1, -0.05) is 15.9 Å². The number of benzene rings is 1. The number of imidazole rings is 1. The van der Waals surface area contributed by atoms with Gasteiger partial charge in [-0.25, -0.2) is 0 Å². The predicted octanol–water partition coefficient (Wildman–Crippen LogP) is 4.22. The van der Waals surface area contributed by atoms with E-state index in [1.54, 1.807) is 0 Å². The Morgan fingerprint density at radius 2 is 2.00 bits per heavy atom. The fourth-order valence-electron chi connectivity index (χ4n) is 1.75. The van der Waals surface area contributed by atoms with Crippen LogP contribution in [-0.4, -0.2) is 9.55 Å². The summed E-state index contributed by atoms with van der Waals surface area (Å²) in [6.07, 6.45) is 0. The number of aromatic nitrogens is 2. The van der Waals surface area contributed by atoms with Gasteiger partial charge in [-0.3, -0.25) is 0 Å². The Hall–Kier alpha value is -0.610. The lowest BCUT2D eigenvalue weighted by atomic mass is 10.1. The number of hydrogen-bond acceptors (Lipinski definition) is 1. The Morgan fingerprint density at radius 3 is 2.60 bits per heavy atom. The summed E-state index contributed by atoms with van der Waals surface area (Å²) in [4.78, 5) is 3.22. The molecule has 0 unspecified atom stereocenters. The Bertz CT molecular complexity index is 560. The summed E-state index contributed by atoms with van der Waals surface area (Å²) in [6.45, 7) is 6.45. The van der Waals surface area contributed by atoms with E-state index in [-0.39, 0.29) is 5.54 Å². The van der Waals surface area contributed by atoms with E-state index in [0.29, 0.717) is 0 Å². The molecule has 2 nitrogen and oxygen atoms in total. The summed E-state index contributed by atoms with van der Waals surface area (Å²) >= 11 is 8.79. The molecular formula is C11H13BrN2S. The highest BCUT2D eigenvalue weighted by atomic mass is 79.9. The quantitative estimate of drug-likeness (QED) is 0.719. The van der Waals surface area contributed by atoms with E-state index in [1.807, 2.05) is 12.1 Å². The van der Waals surface area contributed by atoms with Crippen LogP contribution in [0.25, 0.3) is 11.0 Å². The van der Waals surface area contributed by atoms with Crippen LogP contribution in [-0.2, 0) is 5.54 Å². The maximum Gasteiger partial charge on any atom is 0.178 e. The van der Waals surface area contributed by atoms with E-state index in [4.69, 9.17) is 12.2 Å². The van der Waals surface area contributed by atoms with Gasteiger partial charge in [0.15, 0.2) is 4.77 Å². The summed E-state index contributed by atoms with van der Waals surface area (Å²) in [6, 6.07) is 6.16. The standard InChI is InChI=1S/C11H13BrN2S/c1-11(2,3)14-9-5-4-7(12)6-8(9)13-10(14)15/h4-6H,1-3H3,(H,13,15). The highest BCUT2D eigenvalue weighted by Crippen LogP contribution is 2.25. The molecule has 15 heavy (non-hydrogen) atoms. The van der Waals surface area contributed by atoms with Gasteiger partial charge in [0, 0.05) is 10.0 Å². The fraction of sp³-hybridized carbons (Fsp3) is 0.364. The van der Waals surface area contributed by atoms with Crippen LogP contribution in [0.1, 0.15) is 20.8 Å². The first-order chi connectivity index (χ1) is 6.89. The zero-order chi connectivity index (χ0) is 11.2. The van der Waals surface area contributed by atoms with Crippen molar-refractivity contribution in [2.24, 2.45) is 0 Å². The first-order valence-electron chi connectivity index (χ1n) is 4.80. The minimum absolute atomic E-state index is 0.00314. The largest absolute Gasteiger partial charge is 0.331 e. The molecule has 4 heteroatoms. The third-order valence-electron chi connectivity index (χ3n) is 2.32. The van der Waals surface area contributed by atoms with Crippen molar-refractivity contribution in [3.05, 3.63) is 27.4 Å². The van der Waals surface area contributed by atoms with Gasteiger partial charge in [-0.05, 0) is 51.2 Å². The number of halogens is 1. The Morgan fingerprint density at radius 1 is 1.33 bits per heavy atom. The number of nitrogens with zero attached hydrogens (tertiary/aromatic N) is 1. The van der Waals surface area contributed by atoms with Gasteiger partial charge >= 0.3 is 0 Å². The number of H-pyrrole nitrogens is 1. The summed E-state index contributed by atoms with van der Waals surface area (Å²) in [5.74, 6) is 0. The van der Waals surface area contributed by atoms with Crippen molar-refractivity contribution >= 4 is 39.2 Å². The van der Waals surface area contributed by atoms with Gasteiger partial charge in [-0.2, -0.15) is 0 Å². The van der Waals surface area contributed by atoms with E-state index in [2.05, 4.69) is 52.3 Å². The molecule has 1 N–H and O–H groups in total. The highest BCUT2D eigenvalue weighted by Gasteiger charge is 2.17. The van der Waals surface area contributed by atoms with Crippen LogP contribution in [0.4, 0.5) is 0 Å². The minimum atomic E-state index is 0.00314. The molecule has 1 aromatic heterocycles. The van der Waals surface area contributed by atoms with Crippen LogP contribution in [0.5, 0.6) is 0 Å². The molecule has 0 radical (unpaired) electrons. The molecule has 0 saturated heterocycles. The molecule has 0 saturated carbocycles. The summed E-state index contributed by atoms with van der Waals surface area (Å²) in [5.41, 5.74) is 2.23. The van der Waals surface area contributed by atoms with E-state index >= 15 is 0 Å². The first kappa shape index (κ1) is 10.9. The molecule has 80 valence electrons. The third-order valence-corrected chi connectivity index (χ3v) is 3.09. The van der Waals surface area contributed by atoms with Crippen LogP contribution in [0, 0.1) is 4.77 Å². The van der Waals surface area contributed by atoms with Gasteiger partial charge < -0.3 is 9.55 Å². The number of fused-ring (bicyclic) bond motifs is 1. The highest BCUT2D eigenvalue weighted by molar-refractivity contribution is 9.10. The molecule has 0 bridgehead atoms. The smallest absolute Gasteiger partial charge is 0.178 e. The van der Waals surface area contributed by atoms with Crippen molar-refractivity contribution in [2.75, 3.05) is 0 Å². The van der Waals surface area contributed by atoms with Crippen molar-refractivity contribution in [1.82, 2.24) is 9.55 Å². The first-order valence-corrected chi connectivity index (χ1v) is 6.00. The molecule has 0 aliphatic carbocycles. The fourth-order valence-corrected chi connectivity index (χ4v) is 2.59. The Kier molecular flexibility index (Phi) is 2.51. The number of rotatable bonds is 0. The third kappa shape index (κ3) is 1.88. The van der Waals surface area contributed by atoms with E-state index in [1.165, 1.54) is 0 Å². The van der Waals surface area contributed by atoms with Crippen LogP contribution < -0.4 is 0 Å². The molecule has 0 atom stereocenters. The number of aromatic amines is 1. The Balaban J connectivity index is 2.86. The van der Waals surface area contributed by atoms with E-state index in [9.17, 15) is 0 Å². The second kappa shape index (κ2) is 3.46. The summed E-state index contributed by atoms with van der Waals surface area (Å²) in [5, 5.41) is 0. The van der Waals surface area contributed by atoms with Gasteiger partial charge in [0.1, 0.15) is 0 Å². The van der Waals surface area contributed by atoms with Crippen molar-refractivity contribution in [3.8, 4) is 0 Å². The molecule has 1 aromatic carbocycles. The van der Waals surface area contributed by atoms with Gasteiger partial charge in [-0.15, -0.1) is 0 Å². The molecule has 0 amide bonds. The van der Waals surface area contributed by atoms with Crippen LogP contribution in [0.3, 0.4) is 0 Å². The summed E-state index contributed by atoms with van der Waals surface area (Å²) < 4.78 is 3.98. The minimum Gasteiger partial charge on any atom is -0.331 e. The van der Waals surface area contributed by atoms with Crippen molar-refractivity contribution in [1.29, 1.82) is 0 Å². The lowest BCUT2D eigenvalue weighted by Gasteiger charge is -2.21. The molecule has 0 fully saturated rings. The van der Waals surface area contributed by atoms with Gasteiger partial charge in [0.05, 0.1) is 11.0 Å². The van der Waals surface area contributed by atoms with Crippen molar-refractivity contribution in [2.45, 2.75) is 26.3 Å². The Labute approximate surface area is 102 Å². The lowest BCUT2D eigenvalue weighted by molar-refractivity contribution is 0.404. The molecule has 2 aromatic rings. The SMILES string of the molecule is CC(C)(C)n1c(=S)[nH]c2cc(Br)ccc21. The second-order valence-electron chi connectivity index (χ2n) is 4.60. The molecular weight excluding hydrogens is 272 g/mol. The van der Waals surface area contributed by atoms with E-state index < -0.39 is 0 Å². The normalized spacial score (nSPS) is 12.3. The van der Waals surface area contributed by atoms with Gasteiger partial charge in [0.2, 0.25) is 0 Å². The zero-order valence-electron chi connectivity index (χ0n) is 8.97. The average molecular weight is 285 g/mol. The van der Waals surface area contributed by atoms with E-state index in [0.717, 1.165) is 20.3 Å². The molecule has 0 aliphatic heterocycles. The zero-order valence-corrected chi connectivity index (χ0v) is 11.4. The van der Waals surface area contributed by atoms with Crippen LogP contribution >= 0.6 is 28.1 Å².